The second kappa shape index (κ2) is 9.94. The highest BCUT2D eigenvalue weighted by Gasteiger charge is 2.16. The minimum absolute atomic E-state index is 0.0156. The molecule has 8 nitrogen and oxygen atoms in total. The van der Waals surface area contributed by atoms with E-state index in [0.29, 0.717) is 11.3 Å². The molecule has 2 aromatic carbocycles. The van der Waals surface area contributed by atoms with Crippen molar-refractivity contribution in [2.75, 3.05) is 26.0 Å². The SMILES string of the molecule is CN(C)S(=O)(=O)c1ccc(NC(=O)CO/N=C/c2ccc(OC(F)F)cc2)cc1. The predicted molar refractivity (Wildman–Crippen MR) is 103 cm³/mol. The van der Waals surface area contributed by atoms with E-state index in [9.17, 15) is 22.0 Å². The standard InChI is InChI=1S/C18H19F2N3O5S/c1-23(2)29(25,26)16-9-5-14(6-10-16)22-17(24)12-27-21-11-13-3-7-15(8-4-13)28-18(19)20/h3-11,18H,12H2,1-2H3,(H,22,24)/b21-11+. The molecule has 11 heteroatoms. The molecule has 0 aliphatic carbocycles. The van der Waals surface area contributed by atoms with Gasteiger partial charge in [0.05, 0.1) is 11.1 Å². The van der Waals surface area contributed by atoms with Crippen LogP contribution < -0.4 is 10.1 Å². The lowest BCUT2D eigenvalue weighted by Gasteiger charge is -2.11. The Morgan fingerprint density at radius 3 is 2.31 bits per heavy atom. The Labute approximate surface area is 166 Å². The second-order valence-electron chi connectivity index (χ2n) is 5.82. The van der Waals surface area contributed by atoms with Crippen LogP contribution in [0.4, 0.5) is 14.5 Å². The van der Waals surface area contributed by atoms with E-state index >= 15 is 0 Å². The largest absolute Gasteiger partial charge is 0.435 e. The maximum atomic E-state index is 12.1. The highest BCUT2D eigenvalue weighted by atomic mass is 32.2. The molecule has 0 fully saturated rings. The zero-order chi connectivity index (χ0) is 21.4. The number of amides is 1. The Hall–Kier alpha value is -3.05. The Balaban J connectivity index is 1.82. The molecule has 0 aromatic heterocycles. The Morgan fingerprint density at radius 1 is 1.14 bits per heavy atom. The number of halogens is 2. The average molecular weight is 427 g/mol. The Bertz CT molecular complexity index is 946. The fraction of sp³-hybridized carbons (Fsp3) is 0.222. The number of ether oxygens (including phenoxy) is 1. The number of benzene rings is 2. The van der Waals surface area contributed by atoms with Crippen LogP contribution in [0.15, 0.2) is 58.6 Å². The molecular weight excluding hydrogens is 408 g/mol. The van der Waals surface area contributed by atoms with Crippen LogP contribution in [-0.2, 0) is 19.7 Å². The summed E-state index contributed by atoms with van der Waals surface area (Å²) in [6.45, 7) is -3.27. The number of nitrogens with one attached hydrogen (secondary N) is 1. The van der Waals surface area contributed by atoms with Crippen molar-refractivity contribution in [2.45, 2.75) is 11.5 Å². The van der Waals surface area contributed by atoms with E-state index in [1.54, 1.807) is 0 Å². The van der Waals surface area contributed by atoms with Gasteiger partial charge in [-0.25, -0.2) is 12.7 Å². The highest BCUT2D eigenvalue weighted by molar-refractivity contribution is 7.89. The van der Waals surface area contributed by atoms with Gasteiger partial charge < -0.3 is 14.9 Å². The van der Waals surface area contributed by atoms with Gasteiger partial charge in [-0.3, -0.25) is 4.79 Å². The fourth-order valence-corrected chi connectivity index (χ4v) is 2.95. The van der Waals surface area contributed by atoms with E-state index in [4.69, 9.17) is 4.84 Å². The van der Waals surface area contributed by atoms with Gasteiger partial charge in [0.2, 0.25) is 10.0 Å². The zero-order valence-corrected chi connectivity index (χ0v) is 16.4. The Kier molecular flexibility index (Phi) is 7.62. The highest BCUT2D eigenvalue weighted by Crippen LogP contribution is 2.16. The van der Waals surface area contributed by atoms with Crippen LogP contribution in [0, 0.1) is 0 Å². The number of carbonyl (C=O) groups is 1. The smallest absolute Gasteiger partial charge is 0.387 e. The monoisotopic (exact) mass is 427 g/mol. The summed E-state index contributed by atoms with van der Waals surface area (Å²) >= 11 is 0. The van der Waals surface area contributed by atoms with Crippen molar-refractivity contribution in [3.05, 3.63) is 54.1 Å². The average Bonchev–Trinajstić information content (AvgIpc) is 2.66. The van der Waals surface area contributed by atoms with Crippen LogP contribution in [-0.4, -0.2) is 52.2 Å². The van der Waals surface area contributed by atoms with E-state index < -0.39 is 22.5 Å². The molecule has 0 aliphatic rings. The van der Waals surface area contributed by atoms with Crippen molar-refractivity contribution in [3.63, 3.8) is 0 Å². The Morgan fingerprint density at radius 2 is 1.76 bits per heavy atom. The maximum absolute atomic E-state index is 12.1. The van der Waals surface area contributed by atoms with Crippen LogP contribution in [0.5, 0.6) is 5.75 Å². The first-order valence-corrected chi connectivity index (χ1v) is 9.65. The van der Waals surface area contributed by atoms with E-state index in [0.717, 1.165) is 4.31 Å². The molecule has 0 bridgehead atoms. The van der Waals surface area contributed by atoms with Crippen LogP contribution in [0.25, 0.3) is 0 Å². The molecule has 2 aromatic rings. The lowest BCUT2D eigenvalue weighted by Crippen LogP contribution is -2.22. The fourth-order valence-electron chi connectivity index (χ4n) is 2.05. The molecule has 1 amide bonds. The molecule has 0 aliphatic heterocycles. The first-order chi connectivity index (χ1) is 13.7. The molecule has 0 unspecified atom stereocenters. The van der Waals surface area contributed by atoms with E-state index in [2.05, 4.69) is 15.2 Å². The first kappa shape index (κ1) is 22.2. The van der Waals surface area contributed by atoms with E-state index in [1.807, 2.05) is 0 Å². The molecule has 0 radical (unpaired) electrons. The molecule has 29 heavy (non-hydrogen) atoms. The summed E-state index contributed by atoms with van der Waals surface area (Å²) in [5, 5.41) is 6.16. The quantitative estimate of drug-likeness (QED) is 0.490. The second-order valence-corrected chi connectivity index (χ2v) is 7.97. The van der Waals surface area contributed by atoms with Crippen LogP contribution in [0.2, 0.25) is 0 Å². The topological polar surface area (TPSA) is 97.3 Å². The van der Waals surface area contributed by atoms with Crippen molar-refractivity contribution >= 4 is 27.8 Å². The van der Waals surface area contributed by atoms with Gasteiger partial charge in [0.15, 0.2) is 6.61 Å². The van der Waals surface area contributed by atoms with E-state index in [-0.39, 0.29) is 17.3 Å². The summed E-state index contributed by atoms with van der Waals surface area (Å²) < 4.78 is 53.4. The van der Waals surface area contributed by atoms with Gasteiger partial charge in [0.1, 0.15) is 5.75 Å². The predicted octanol–water partition coefficient (Wildman–Crippen LogP) is 2.53. The minimum atomic E-state index is -3.54. The van der Waals surface area contributed by atoms with Crippen LogP contribution in [0.3, 0.4) is 0 Å². The number of sulfonamides is 1. The van der Waals surface area contributed by atoms with Crippen molar-refractivity contribution in [1.82, 2.24) is 4.31 Å². The molecular formula is C18H19F2N3O5S. The van der Waals surface area contributed by atoms with Crippen LogP contribution >= 0.6 is 0 Å². The number of carbonyl (C=O) groups excluding carboxylic acids is 1. The lowest BCUT2D eigenvalue weighted by molar-refractivity contribution is -0.120. The summed E-state index contributed by atoms with van der Waals surface area (Å²) in [4.78, 5) is 16.8. The summed E-state index contributed by atoms with van der Waals surface area (Å²) in [5.74, 6) is -0.479. The minimum Gasteiger partial charge on any atom is -0.435 e. The van der Waals surface area contributed by atoms with Gasteiger partial charge >= 0.3 is 6.61 Å². The van der Waals surface area contributed by atoms with Crippen molar-refractivity contribution in [2.24, 2.45) is 5.16 Å². The molecule has 0 saturated carbocycles. The normalized spacial score (nSPS) is 11.8. The number of rotatable bonds is 9. The summed E-state index contributed by atoms with van der Waals surface area (Å²) in [6, 6.07) is 11.4. The van der Waals surface area contributed by atoms with Crippen LogP contribution in [0.1, 0.15) is 5.56 Å². The number of oxime groups is 1. The third-order valence-corrected chi connectivity index (χ3v) is 5.32. The summed E-state index contributed by atoms with van der Waals surface area (Å²) in [7, 11) is -0.693. The van der Waals surface area contributed by atoms with Gasteiger partial charge in [0.25, 0.3) is 5.91 Å². The van der Waals surface area contributed by atoms with E-state index in [1.165, 1.54) is 68.8 Å². The maximum Gasteiger partial charge on any atom is 0.387 e. The van der Waals surface area contributed by atoms with Crippen molar-refractivity contribution in [3.8, 4) is 5.75 Å². The number of hydrogen-bond acceptors (Lipinski definition) is 6. The molecule has 0 saturated heterocycles. The third kappa shape index (κ3) is 6.80. The van der Waals surface area contributed by atoms with Crippen molar-refractivity contribution < 1.29 is 31.6 Å². The molecule has 156 valence electrons. The molecule has 0 heterocycles. The van der Waals surface area contributed by atoms with Crippen molar-refractivity contribution in [1.29, 1.82) is 0 Å². The number of nitrogens with zero attached hydrogens (tertiary/aromatic N) is 2. The third-order valence-electron chi connectivity index (χ3n) is 3.49. The molecule has 1 N–H and O–H groups in total. The van der Waals surface area contributed by atoms with Gasteiger partial charge in [-0.05, 0) is 54.1 Å². The number of anilines is 1. The van der Waals surface area contributed by atoms with Gasteiger partial charge in [0, 0.05) is 19.8 Å². The lowest BCUT2D eigenvalue weighted by atomic mass is 10.2. The van der Waals surface area contributed by atoms with Gasteiger partial charge in [-0.2, -0.15) is 8.78 Å². The molecule has 0 atom stereocenters. The summed E-state index contributed by atoms with van der Waals surface area (Å²) in [5.41, 5.74) is 0.958. The van der Waals surface area contributed by atoms with Gasteiger partial charge in [-0.1, -0.05) is 5.16 Å². The molecule has 0 spiro atoms. The van der Waals surface area contributed by atoms with Gasteiger partial charge in [-0.15, -0.1) is 0 Å². The summed E-state index contributed by atoms with van der Waals surface area (Å²) in [6.07, 6.45) is 1.31. The number of hydrogen-bond donors (Lipinski definition) is 1. The first-order valence-electron chi connectivity index (χ1n) is 8.21. The number of alkyl halides is 2. The molecule has 2 rings (SSSR count). The zero-order valence-electron chi connectivity index (χ0n) is 15.6.